The fraction of sp³-hybridized carbons (Fsp3) is 0.533. The Bertz CT molecular complexity index is 460. The summed E-state index contributed by atoms with van der Waals surface area (Å²) in [5, 5.41) is 3.19. The molecule has 0 saturated carbocycles. The molecule has 1 amide bonds. The maximum absolute atomic E-state index is 12.2. The van der Waals surface area contributed by atoms with Crippen LogP contribution in [-0.4, -0.2) is 36.0 Å². The molecule has 3 nitrogen and oxygen atoms in total. The first-order valence-electron chi connectivity index (χ1n) is 6.98. The van der Waals surface area contributed by atoms with E-state index in [1.54, 1.807) is 0 Å². The monoisotopic (exact) mass is 278 g/mol. The summed E-state index contributed by atoms with van der Waals surface area (Å²) in [7, 11) is 0. The zero-order valence-electron chi connectivity index (χ0n) is 10.9. The van der Waals surface area contributed by atoms with Crippen LogP contribution in [0.15, 0.2) is 24.3 Å². The van der Waals surface area contributed by atoms with E-state index in [1.807, 2.05) is 24.3 Å². The van der Waals surface area contributed by atoms with Crippen LogP contribution >= 0.6 is 11.6 Å². The van der Waals surface area contributed by atoms with Crippen molar-refractivity contribution in [3.05, 3.63) is 35.4 Å². The molecule has 0 aliphatic carbocycles. The van der Waals surface area contributed by atoms with Gasteiger partial charge < -0.3 is 5.32 Å². The van der Waals surface area contributed by atoms with Crippen LogP contribution in [0.4, 0.5) is 0 Å². The smallest absolute Gasteiger partial charge is 0.251 e. The van der Waals surface area contributed by atoms with Crippen molar-refractivity contribution < 1.29 is 4.79 Å². The van der Waals surface area contributed by atoms with Gasteiger partial charge in [-0.3, -0.25) is 9.69 Å². The molecule has 2 fully saturated rings. The van der Waals surface area contributed by atoms with Gasteiger partial charge in [0.25, 0.3) is 5.91 Å². The van der Waals surface area contributed by atoms with Gasteiger partial charge in [-0.1, -0.05) is 12.1 Å². The van der Waals surface area contributed by atoms with E-state index in [0.29, 0.717) is 18.0 Å². The van der Waals surface area contributed by atoms with E-state index in [1.165, 1.54) is 19.4 Å². The van der Waals surface area contributed by atoms with E-state index in [4.69, 9.17) is 11.6 Å². The fourth-order valence-corrected chi connectivity index (χ4v) is 3.43. The van der Waals surface area contributed by atoms with Gasteiger partial charge in [0.1, 0.15) is 0 Å². The van der Waals surface area contributed by atoms with Crippen LogP contribution in [0.3, 0.4) is 0 Å². The first-order chi connectivity index (χ1) is 9.28. The number of halogens is 1. The van der Waals surface area contributed by atoms with E-state index < -0.39 is 0 Å². The van der Waals surface area contributed by atoms with Gasteiger partial charge in [-0.25, -0.2) is 0 Å². The molecule has 0 aromatic heterocycles. The number of amides is 1. The van der Waals surface area contributed by atoms with Gasteiger partial charge in [0.15, 0.2) is 0 Å². The number of carbonyl (C=O) groups excluding carboxylic acids is 1. The second-order valence-corrected chi connectivity index (χ2v) is 5.71. The van der Waals surface area contributed by atoms with Crippen LogP contribution in [0, 0.1) is 0 Å². The third-order valence-corrected chi connectivity index (χ3v) is 4.60. The SMILES string of the molecule is O=C(NC1CCN2CCCC12)c1ccc(CCl)cc1. The number of hydrogen-bond acceptors (Lipinski definition) is 2. The lowest BCUT2D eigenvalue weighted by Crippen LogP contribution is -2.42. The van der Waals surface area contributed by atoms with Gasteiger partial charge in [0.05, 0.1) is 0 Å². The number of rotatable bonds is 3. The van der Waals surface area contributed by atoms with Crippen LogP contribution in [0.25, 0.3) is 0 Å². The average Bonchev–Trinajstić information content (AvgIpc) is 3.04. The molecule has 0 radical (unpaired) electrons. The molecule has 0 bridgehead atoms. The molecule has 1 aromatic carbocycles. The Morgan fingerprint density at radius 1 is 1.26 bits per heavy atom. The van der Waals surface area contributed by atoms with Crippen molar-refractivity contribution in [2.24, 2.45) is 0 Å². The van der Waals surface area contributed by atoms with Crippen molar-refractivity contribution in [2.75, 3.05) is 13.1 Å². The normalized spacial score (nSPS) is 26.4. The average molecular weight is 279 g/mol. The zero-order valence-corrected chi connectivity index (χ0v) is 11.7. The van der Waals surface area contributed by atoms with Crippen LogP contribution in [0.1, 0.15) is 35.2 Å². The second-order valence-electron chi connectivity index (χ2n) is 5.44. The zero-order chi connectivity index (χ0) is 13.2. The van der Waals surface area contributed by atoms with Crippen LogP contribution in [0.2, 0.25) is 0 Å². The molecule has 2 unspecified atom stereocenters. The van der Waals surface area contributed by atoms with Gasteiger partial charge in [-0.15, -0.1) is 11.6 Å². The first-order valence-corrected chi connectivity index (χ1v) is 7.51. The molecule has 2 saturated heterocycles. The molecular weight excluding hydrogens is 260 g/mol. The van der Waals surface area contributed by atoms with E-state index in [-0.39, 0.29) is 5.91 Å². The molecule has 2 aliphatic heterocycles. The largest absolute Gasteiger partial charge is 0.348 e. The molecule has 2 heterocycles. The number of hydrogen-bond donors (Lipinski definition) is 1. The van der Waals surface area contributed by atoms with Crippen molar-refractivity contribution in [1.82, 2.24) is 10.2 Å². The topological polar surface area (TPSA) is 32.3 Å². The summed E-state index contributed by atoms with van der Waals surface area (Å²) >= 11 is 5.75. The minimum Gasteiger partial charge on any atom is -0.348 e. The Morgan fingerprint density at radius 3 is 2.79 bits per heavy atom. The van der Waals surface area contributed by atoms with E-state index in [0.717, 1.165) is 24.1 Å². The molecule has 4 heteroatoms. The van der Waals surface area contributed by atoms with Crippen LogP contribution < -0.4 is 5.32 Å². The molecule has 102 valence electrons. The third-order valence-electron chi connectivity index (χ3n) is 4.29. The lowest BCUT2D eigenvalue weighted by molar-refractivity contribution is 0.0929. The fourth-order valence-electron chi connectivity index (χ4n) is 3.25. The van der Waals surface area contributed by atoms with Crippen molar-refractivity contribution in [3.8, 4) is 0 Å². The summed E-state index contributed by atoms with van der Waals surface area (Å²) in [5.41, 5.74) is 1.77. The van der Waals surface area contributed by atoms with Gasteiger partial charge in [-0.2, -0.15) is 0 Å². The first kappa shape index (κ1) is 12.9. The second kappa shape index (κ2) is 5.51. The Kier molecular flexibility index (Phi) is 3.76. The molecule has 1 N–H and O–H groups in total. The van der Waals surface area contributed by atoms with Gasteiger partial charge in [-0.05, 0) is 43.5 Å². The summed E-state index contributed by atoms with van der Waals surface area (Å²) in [6.07, 6.45) is 3.56. The highest BCUT2D eigenvalue weighted by molar-refractivity contribution is 6.17. The van der Waals surface area contributed by atoms with Crippen molar-refractivity contribution >= 4 is 17.5 Å². The summed E-state index contributed by atoms with van der Waals surface area (Å²) in [4.78, 5) is 14.7. The molecule has 2 atom stereocenters. The number of nitrogens with zero attached hydrogens (tertiary/aromatic N) is 1. The predicted octanol–water partition coefficient (Wildman–Crippen LogP) is 2.39. The quantitative estimate of drug-likeness (QED) is 0.861. The Balaban J connectivity index is 1.64. The standard InChI is InChI=1S/C15H19ClN2O/c16-10-11-3-5-12(6-4-11)15(19)17-13-7-9-18-8-1-2-14(13)18/h3-6,13-14H,1-2,7-10H2,(H,17,19). The van der Waals surface area contributed by atoms with Crippen molar-refractivity contribution in [1.29, 1.82) is 0 Å². The van der Waals surface area contributed by atoms with Gasteiger partial charge in [0.2, 0.25) is 0 Å². The van der Waals surface area contributed by atoms with Gasteiger partial charge >= 0.3 is 0 Å². The van der Waals surface area contributed by atoms with Gasteiger partial charge in [0, 0.05) is 30.1 Å². The maximum Gasteiger partial charge on any atom is 0.251 e. The number of fused-ring (bicyclic) bond motifs is 1. The molecule has 0 spiro atoms. The highest BCUT2D eigenvalue weighted by Gasteiger charge is 2.37. The molecule has 3 rings (SSSR count). The summed E-state index contributed by atoms with van der Waals surface area (Å²) in [5.74, 6) is 0.529. The summed E-state index contributed by atoms with van der Waals surface area (Å²) < 4.78 is 0. The molecule has 19 heavy (non-hydrogen) atoms. The van der Waals surface area contributed by atoms with Crippen molar-refractivity contribution in [2.45, 2.75) is 37.2 Å². The number of carbonyl (C=O) groups is 1. The third kappa shape index (κ3) is 2.63. The maximum atomic E-state index is 12.2. The number of benzene rings is 1. The Hall–Kier alpha value is -1.06. The molecule has 2 aliphatic rings. The highest BCUT2D eigenvalue weighted by Crippen LogP contribution is 2.28. The van der Waals surface area contributed by atoms with Crippen molar-refractivity contribution in [3.63, 3.8) is 0 Å². The van der Waals surface area contributed by atoms with E-state index in [2.05, 4.69) is 10.2 Å². The highest BCUT2D eigenvalue weighted by atomic mass is 35.5. The molecule has 1 aromatic rings. The Morgan fingerprint density at radius 2 is 2.05 bits per heavy atom. The van der Waals surface area contributed by atoms with E-state index in [9.17, 15) is 4.79 Å². The van der Waals surface area contributed by atoms with Crippen LogP contribution in [0.5, 0.6) is 0 Å². The lowest BCUT2D eigenvalue weighted by atomic mass is 10.1. The van der Waals surface area contributed by atoms with E-state index >= 15 is 0 Å². The summed E-state index contributed by atoms with van der Waals surface area (Å²) in [6, 6.07) is 8.42. The number of nitrogens with one attached hydrogen (secondary N) is 1. The Labute approximate surface area is 118 Å². The lowest BCUT2D eigenvalue weighted by Gasteiger charge is -2.21. The minimum atomic E-state index is 0.0415. The van der Waals surface area contributed by atoms with Crippen LogP contribution in [-0.2, 0) is 5.88 Å². The minimum absolute atomic E-state index is 0.0415. The summed E-state index contributed by atoms with van der Waals surface area (Å²) in [6.45, 7) is 2.32. The number of alkyl halides is 1. The molecular formula is C15H19ClN2O. The predicted molar refractivity (Wildman–Crippen MR) is 76.5 cm³/mol.